The normalized spacial score (nSPS) is 11.6. The highest BCUT2D eigenvalue weighted by Gasteiger charge is 2.17. The van der Waals surface area contributed by atoms with Crippen molar-refractivity contribution in [3.05, 3.63) is 75.2 Å². The molecule has 31 heavy (non-hydrogen) atoms. The first-order valence-electron chi connectivity index (χ1n) is 10.2. The third-order valence-corrected chi connectivity index (χ3v) is 5.35. The maximum atomic E-state index is 12.9. The standard InChI is InChI=1S/C22H26N6O3/c1-15-6-7-16(2)21-19(15)11-17(22(29)23-21)12-27(13-18-5-4-9-31-18)14-20-24-25-26-28(20)8-10-30-3/h4-7,9,11H,8,10,12-14H2,1-3H3,(H,23,29). The topological polar surface area (TPSA) is 102 Å². The Hall–Kier alpha value is -3.30. The van der Waals surface area contributed by atoms with Crippen molar-refractivity contribution in [1.29, 1.82) is 0 Å². The third-order valence-electron chi connectivity index (χ3n) is 5.35. The van der Waals surface area contributed by atoms with Crippen molar-refractivity contribution in [3.8, 4) is 0 Å². The molecule has 162 valence electrons. The maximum absolute atomic E-state index is 12.9. The molecular formula is C22H26N6O3. The van der Waals surface area contributed by atoms with Crippen LogP contribution in [0.25, 0.3) is 10.9 Å². The number of furan rings is 1. The molecule has 9 nitrogen and oxygen atoms in total. The van der Waals surface area contributed by atoms with Gasteiger partial charge in [0, 0.05) is 24.6 Å². The third kappa shape index (κ3) is 4.73. The van der Waals surface area contributed by atoms with E-state index in [0.29, 0.717) is 44.2 Å². The van der Waals surface area contributed by atoms with Gasteiger partial charge in [-0.2, -0.15) is 0 Å². The summed E-state index contributed by atoms with van der Waals surface area (Å²) in [7, 11) is 1.64. The molecule has 0 atom stereocenters. The van der Waals surface area contributed by atoms with Gasteiger partial charge in [-0.15, -0.1) is 5.10 Å². The van der Waals surface area contributed by atoms with E-state index in [1.807, 2.05) is 31.2 Å². The van der Waals surface area contributed by atoms with Crippen LogP contribution >= 0.6 is 0 Å². The van der Waals surface area contributed by atoms with Crippen molar-refractivity contribution in [3.63, 3.8) is 0 Å². The van der Waals surface area contributed by atoms with Crippen molar-refractivity contribution in [2.75, 3.05) is 13.7 Å². The number of nitrogens with one attached hydrogen (secondary N) is 1. The minimum Gasteiger partial charge on any atom is -0.468 e. The molecule has 0 radical (unpaired) electrons. The fraction of sp³-hybridized carbons (Fsp3) is 0.364. The summed E-state index contributed by atoms with van der Waals surface area (Å²) in [5, 5.41) is 13.1. The summed E-state index contributed by atoms with van der Waals surface area (Å²) in [4.78, 5) is 18.0. The number of H-pyrrole nitrogens is 1. The zero-order valence-electron chi connectivity index (χ0n) is 18.0. The molecule has 1 aromatic carbocycles. The van der Waals surface area contributed by atoms with Gasteiger partial charge in [0.1, 0.15) is 5.76 Å². The first kappa shape index (κ1) is 21.0. The Morgan fingerprint density at radius 2 is 2.00 bits per heavy atom. The van der Waals surface area contributed by atoms with Gasteiger partial charge in [-0.25, -0.2) is 4.68 Å². The molecule has 0 aliphatic rings. The number of aromatic nitrogens is 5. The van der Waals surface area contributed by atoms with Gasteiger partial charge in [-0.3, -0.25) is 9.69 Å². The van der Waals surface area contributed by atoms with Crippen LogP contribution in [-0.2, 0) is 30.9 Å². The SMILES string of the molecule is COCCn1nnnc1CN(Cc1ccco1)Cc1cc2c(C)ccc(C)c2[nH]c1=O. The van der Waals surface area contributed by atoms with Gasteiger partial charge in [0.2, 0.25) is 0 Å². The lowest BCUT2D eigenvalue weighted by atomic mass is 10.0. The van der Waals surface area contributed by atoms with Gasteiger partial charge in [0.15, 0.2) is 5.82 Å². The second-order valence-corrected chi connectivity index (χ2v) is 7.65. The molecule has 0 unspecified atom stereocenters. The van der Waals surface area contributed by atoms with Crippen LogP contribution in [0.15, 0.2) is 45.8 Å². The van der Waals surface area contributed by atoms with Gasteiger partial charge < -0.3 is 14.1 Å². The van der Waals surface area contributed by atoms with Gasteiger partial charge in [-0.05, 0) is 53.6 Å². The first-order chi connectivity index (χ1) is 15.0. The number of aryl methyl sites for hydroxylation is 2. The molecule has 0 saturated heterocycles. The van der Waals surface area contributed by atoms with Crippen LogP contribution in [0.2, 0.25) is 0 Å². The van der Waals surface area contributed by atoms with Crippen molar-refractivity contribution >= 4 is 10.9 Å². The van der Waals surface area contributed by atoms with Gasteiger partial charge in [0.25, 0.3) is 5.56 Å². The second kappa shape index (κ2) is 9.23. The van der Waals surface area contributed by atoms with Crippen molar-refractivity contribution in [1.82, 2.24) is 30.1 Å². The average Bonchev–Trinajstić information content (AvgIpc) is 3.42. The van der Waals surface area contributed by atoms with E-state index in [1.165, 1.54) is 0 Å². The Balaban J connectivity index is 1.65. The second-order valence-electron chi connectivity index (χ2n) is 7.65. The number of methoxy groups -OCH3 is 1. The zero-order chi connectivity index (χ0) is 21.8. The minimum absolute atomic E-state index is 0.0929. The fourth-order valence-electron chi connectivity index (χ4n) is 3.66. The van der Waals surface area contributed by atoms with Crippen molar-refractivity contribution in [2.24, 2.45) is 0 Å². The summed E-state index contributed by atoms with van der Waals surface area (Å²) in [6, 6.07) is 9.85. The lowest BCUT2D eigenvalue weighted by Gasteiger charge is -2.21. The monoisotopic (exact) mass is 422 g/mol. The number of tetrazole rings is 1. The molecule has 3 aromatic heterocycles. The Morgan fingerprint density at radius 3 is 2.77 bits per heavy atom. The van der Waals surface area contributed by atoms with Crippen LogP contribution in [0.3, 0.4) is 0 Å². The van der Waals surface area contributed by atoms with Crippen LogP contribution in [0, 0.1) is 13.8 Å². The molecular weight excluding hydrogens is 396 g/mol. The zero-order valence-corrected chi connectivity index (χ0v) is 18.0. The van der Waals surface area contributed by atoms with Gasteiger partial charge in [0.05, 0.1) is 38.0 Å². The smallest absolute Gasteiger partial charge is 0.252 e. The van der Waals surface area contributed by atoms with E-state index >= 15 is 0 Å². The summed E-state index contributed by atoms with van der Waals surface area (Å²) in [6.45, 7) is 6.53. The molecule has 0 fully saturated rings. The van der Waals surface area contributed by atoms with Crippen LogP contribution in [0.1, 0.15) is 28.3 Å². The van der Waals surface area contributed by atoms with E-state index in [4.69, 9.17) is 9.15 Å². The molecule has 0 aliphatic heterocycles. The summed E-state index contributed by atoms with van der Waals surface area (Å²) >= 11 is 0. The van der Waals surface area contributed by atoms with E-state index in [-0.39, 0.29) is 5.56 Å². The molecule has 9 heteroatoms. The van der Waals surface area contributed by atoms with Gasteiger partial charge >= 0.3 is 0 Å². The van der Waals surface area contributed by atoms with Crippen molar-refractivity contribution in [2.45, 2.75) is 40.0 Å². The number of rotatable bonds is 9. The van der Waals surface area contributed by atoms with E-state index < -0.39 is 0 Å². The number of ether oxygens (including phenoxy) is 1. The lowest BCUT2D eigenvalue weighted by Crippen LogP contribution is -2.28. The van der Waals surface area contributed by atoms with Crippen LogP contribution in [0.4, 0.5) is 0 Å². The Morgan fingerprint density at radius 1 is 1.16 bits per heavy atom. The number of aromatic amines is 1. The Bertz CT molecular complexity index is 1210. The number of benzene rings is 1. The quantitative estimate of drug-likeness (QED) is 0.442. The fourth-order valence-corrected chi connectivity index (χ4v) is 3.66. The number of pyridine rings is 1. The van der Waals surface area contributed by atoms with Crippen LogP contribution < -0.4 is 5.56 Å². The summed E-state index contributed by atoms with van der Waals surface area (Å²) < 4.78 is 12.4. The van der Waals surface area contributed by atoms with Crippen LogP contribution in [-0.4, -0.2) is 43.8 Å². The minimum atomic E-state index is -0.0929. The van der Waals surface area contributed by atoms with Crippen LogP contribution in [0.5, 0.6) is 0 Å². The molecule has 0 aliphatic carbocycles. The number of nitrogens with zero attached hydrogens (tertiary/aromatic N) is 5. The predicted octanol–water partition coefficient (Wildman–Crippen LogP) is 2.57. The number of hydrogen-bond acceptors (Lipinski definition) is 7. The highest BCUT2D eigenvalue weighted by molar-refractivity contribution is 5.85. The molecule has 1 N–H and O–H groups in total. The first-order valence-corrected chi connectivity index (χ1v) is 10.2. The summed E-state index contributed by atoms with van der Waals surface area (Å²) in [5.41, 5.74) is 3.65. The molecule has 0 saturated carbocycles. The highest BCUT2D eigenvalue weighted by atomic mass is 16.5. The van der Waals surface area contributed by atoms with E-state index in [0.717, 1.165) is 27.8 Å². The number of hydrogen-bond donors (Lipinski definition) is 1. The molecule has 0 amide bonds. The summed E-state index contributed by atoms with van der Waals surface area (Å²) in [6.07, 6.45) is 1.64. The number of fused-ring (bicyclic) bond motifs is 1. The Kier molecular flexibility index (Phi) is 6.24. The predicted molar refractivity (Wildman–Crippen MR) is 115 cm³/mol. The molecule has 4 rings (SSSR count). The molecule has 0 bridgehead atoms. The largest absolute Gasteiger partial charge is 0.468 e. The molecule has 4 aromatic rings. The van der Waals surface area contributed by atoms with E-state index in [9.17, 15) is 4.79 Å². The van der Waals surface area contributed by atoms with E-state index in [2.05, 4.69) is 38.4 Å². The van der Waals surface area contributed by atoms with E-state index in [1.54, 1.807) is 18.1 Å². The lowest BCUT2D eigenvalue weighted by molar-refractivity contribution is 0.176. The van der Waals surface area contributed by atoms with Crippen molar-refractivity contribution < 1.29 is 9.15 Å². The van der Waals surface area contributed by atoms with Gasteiger partial charge in [-0.1, -0.05) is 12.1 Å². The summed E-state index contributed by atoms with van der Waals surface area (Å²) in [5.74, 6) is 1.51. The molecule has 0 spiro atoms. The Labute approximate surface area is 179 Å². The molecule has 3 heterocycles. The average molecular weight is 422 g/mol. The highest BCUT2D eigenvalue weighted by Crippen LogP contribution is 2.21. The maximum Gasteiger partial charge on any atom is 0.252 e.